The molecule has 1 aliphatic rings. The summed E-state index contributed by atoms with van der Waals surface area (Å²) < 4.78 is 0. The van der Waals surface area contributed by atoms with Crippen molar-refractivity contribution in [2.45, 2.75) is 26.7 Å². The molecule has 2 aromatic heterocycles. The zero-order chi connectivity index (χ0) is 20.3. The number of aryl methyl sites for hydroxylation is 4. The van der Waals surface area contributed by atoms with Gasteiger partial charge in [-0.15, -0.1) is 0 Å². The van der Waals surface area contributed by atoms with E-state index in [-0.39, 0.29) is 11.3 Å². The number of aromatic carboxylic acids is 1. The van der Waals surface area contributed by atoms with Crippen LogP contribution in [-0.2, 0) is 12.8 Å². The molecule has 0 atom stereocenters. The first-order valence-corrected chi connectivity index (χ1v) is 9.47. The highest BCUT2D eigenvalue weighted by molar-refractivity contribution is 5.97. The van der Waals surface area contributed by atoms with Crippen LogP contribution in [0.15, 0.2) is 36.4 Å². The second-order valence-corrected chi connectivity index (χ2v) is 7.54. The highest BCUT2D eigenvalue weighted by Gasteiger charge is 2.24. The highest BCUT2D eigenvalue weighted by atomic mass is 16.4. The normalized spacial score (nSPS) is 12.6. The van der Waals surface area contributed by atoms with Gasteiger partial charge in [-0.3, -0.25) is 0 Å². The lowest BCUT2D eigenvalue weighted by Gasteiger charge is -2.18. The highest BCUT2D eigenvalue weighted by Crippen LogP contribution is 2.40. The van der Waals surface area contributed by atoms with E-state index in [0.29, 0.717) is 5.82 Å². The fourth-order valence-electron chi connectivity index (χ4n) is 4.24. The first kappa shape index (κ1) is 17.4. The topological polar surface area (TPSA) is 99.1 Å². The molecule has 0 radical (unpaired) electrons. The van der Waals surface area contributed by atoms with Crippen LogP contribution in [-0.4, -0.2) is 31.1 Å². The zero-order valence-electron chi connectivity index (χ0n) is 16.1. The summed E-state index contributed by atoms with van der Waals surface area (Å²) in [5.74, 6) is -0.640. The van der Waals surface area contributed by atoms with Crippen LogP contribution in [0, 0.1) is 13.8 Å². The Morgan fingerprint density at radius 2 is 1.79 bits per heavy atom. The van der Waals surface area contributed by atoms with Crippen LogP contribution in [0.5, 0.6) is 5.75 Å². The number of benzene rings is 2. The first-order valence-electron chi connectivity index (χ1n) is 9.47. The maximum absolute atomic E-state index is 11.3. The molecule has 144 valence electrons. The molecule has 0 unspecified atom stereocenters. The summed E-state index contributed by atoms with van der Waals surface area (Å²) in [5, 5.41) is 20.6. The number of rotatable bonds is 2. The first-order chi connectivity index (χ1) is 13.9. The third-order valence-electron chi connectivity index (χ3n) is 5.51. The summed E-state index contributed by atoms with van der Waals surface area (Å²) in [7, 11) is 0. The molecule has 5 rings (SSSR count). The molecule has 0 saturated heterocycles. The minimum atomic E-state index is -1.12. The molecule has 29 heavy (non-hydrogen) atoms. The van der Waals surface area contributed by atoms with Gasteiger partial charge in [-0.05, 0) is 62.1 Å². The monoisotopic (exact) mass is 385 g/mol. The predicted octanol–water partition coefficient (Wildman–Crippen LogP) is 4.41. The minimum Gasteiger partial charge on any atom is -0.507 e. The standard InChI is InChI=1S/C23H19N3O3/c1-11-7-12(2)25-22(24-11)14-4-5-15-16-6-3-13-8-18(23(28)29)20(27)10-17(13)21(16)26-19(15)9-14/h4-5,7-10,26-27H,3,6H2,1-2H3,(H,28,29). The van der Waals surface area contributed by atoms with Crippen molar-refractivity contribution in [3.63, 3.8) is 0 Å². The molecule has 0 saturated carbocycles. The van der Waals surface area contributed by atoms with Crippen molar-refractivity contribution in [1.29, 1.82) is 0 Å². The number of nitrogens with zero attached hydrogens (tertiary/aromatic N) is 2. The molecular formula is C23H19N3O3. The van der Waals surface area contributed by atoms with Gasteiger partial charge in [-0.1, -0.05) is 12.1 Å². The summed E-state index contributed by atoms with van der Waals surface area (Å²) in [6.07, 6.45) is 1.54. The van der Waals surface area contributed by atoms with Gasteiger partial charge in [0.1, 0.15) is 11.3 Å². The van der Waals surface area contributed by atoms with Crippen LogP contribution in [0.25, 0.3) is 33.5 Å². The number of carboxylic acids is 1. The molecule has 0 bridgehead atoms. The second-order valence-electron chi connectivity index (χ2n) is 7.54. The molecule has 2 aromatic carbocycles. The number of carbonyl (C=O) groups is 1. The van der Waals surface area contributed by atoms with Gasteiger partial charge < -0.3 is 15.2 Å². The smallest absolute Gasteiger partial charge is 0.339 e. The van der Waals surface area contributed by atoms with Crippen LogP contribution in [0.2, 0.25) is 0 Å². The maximum atomic E-state index is 11.3. The molecule has 6 heteroatoms. The summed E-state index contributed by atoms with van der Waals surface area (Å²) in [4.78, 5) is 23.9. The van der Waals surface area contributed by atoms with E-state index in [1.807, 2.05) is 32.0 Å². The summed E-state index contributed by atoms with van der Waals surface area (Å²) >= 11 is 0. The molecule has 4 aromatic rings. The number of hydrogen-bond acceptors (Lipinski definition) is 4. The zero-order valence-corrected chi connectivity index (χ0v) is 16.1. The van der Waals surface area contributed by atoms with Crippen LogP contribution in [0.3, 0.4) is 0 Å². The third-order valence-corrected chi connectivity index (χ3v) is 5.51. The average Bonchev–Trinajstić information content (AvgIpc) is 3.05. The average molecular weight is 385 g/mol. The molecule has 1 aliphatic carbocycles. The minimum absolute atomic E-state index is 0.0578. The summed E-state index contributed by atoms with van der Waals surface area (Å²) in [6.45, 7) is 3.91. The molecule has 3 N–H and O–H groups in total. The quantitative estimate of drug-likeness (QED) is 0.475. The number of H-pyrrole nitrogens is 1. The van der Waals surface area contributed by atoms with Crippen LogP contribution in [0.1, 0.15) is 32.9 Å². The molecule has 0 spiro atoms. The van der Waals surface area contributed by atoms with Crippen molar-refractivity contribution in [3.8, 4) is 28.4 Å². The number of hydrogen-bond donors (Lipinski definition) is 3. The number of carboxylic acid groups (broad SMARTS) is 1. The molecule has 0 aliphatic heterocycles. The van der Waals surface area contributed by atoms with E-state index in [9.17, 15) is 15.0 Å². The molecule has 0 fully saturated rings. The van der Waals surface area contributed by atoms with E-state index in [2.05, 4.69) is 21.0 Å². The van der Waals surface area contributed by atoms with Gasteiger partial charge in [0, 0.05) is 33.4 Å². The summed E-state index contributed by atoms with van der Waals surface area (Å²) in [6, 6.07) is 11.2. The Morgan fingerprint density at radius 3 is 2.52 bits per heavy atom. The van der Waals surface area contributed by atoms with Crippen molar-refractivity contribution in [2.75, 3.05) is 0 Å². The fraction of sp³-hybridized carbons (Fsp3) is 0.174. The number of phenols is 1. The summed E-state index contributed by atoms with van der Waals surface area (Å²) in [5.41, 5.74) is 7.62. The second kappa shape index (κ2) is 6.17. The molecule has 2 heterocycles. The van der Waals surface area contributed by atoms with E-state index in [4.69, 9.17) is 0 Å². The number of fused-ring (bicyclic) bond motifs is 5. The predicted molar refractivity (Wildman–Crippen MR) is 110 cm³/mol. The van der Waals surface area contributed by atoms with Crippen molar-refractivity contribution in [1.82, 2.24) is 15.0 Å². The van der Waals surface area contributed by atoms with Crippen molar-refractivity contribution >= 4 is 16.9 Å². The Bertz CT molecular complexity index is 1300. The molecule has 6 nitrogen and oxygen atoms in total. The Kier molecular flexibility index (Phi) is 3.71. The van der Waals surface area contributed by atoms with Gasteiger partial charge in [0.25, 0.3) is 0 Å². The van der Waals surface area contributed by atoms with Gasteiger partial charge in [0.05, 0.1) is 5.69 Å². The number of nitrogens with one attached hydrogen (secondary N) is 1. The largest absolute Gasteiger partial charge is 0.507 e. The number of aromatic amines is 1. The van der Waals surface area contributed by atoms with Crippen LogP contribution in [0.4, 0.5) is 0 Å². The lowest BCUT2D eigenvalue weighted by atomic mass is 9.87. The number of aromatic hydroxyl groups is 1. The Morgan fingerprint density at radius 1 is 1.03 bits per heavy atom. The Balaban J connectivity index is 1.67. The Hall–Kier alpha value is -3.67. The van der Waals surface area contributed by atoms with Crippen LogP contribution >= 0.6 is 0 Å². The van der Waals surface area contributed by atoms with E-state index < -0.39 is 5.97 Å². The van der Waals surface area contributed by atoms with E-state index in [1.165, 1.54) is 5.56 Å². The molecule has 0 amide bonds. The van der Waals surface area contributed by atoms with Gasteiger partial charge >= 0.3 is 5.97 Å². The van der Waals surface area contributed by atoms with E-state index >= 15 is 0 Å². The third kappa shape index (κ3) is 2.76. The SMILES string of the molecule is Cc1cc(C)nc(-c2ccc3c4c([nH]c3c2)-c2cc(O)c(C(=O)O)cc2CC4)n1. The van der Waals surface area contributed by atoms with Gasteiger partial charge in [-0.2, -0.15) is 0 Å². The lowest BCUT2D eigenvalue weighted by molar-refractivity contribution is 0.0693. The van der Waals surface area contributed by atoms with E-state index in [0.717, 1.165) is 57.5 Å². The van der Waals surface area contributed by atoms with Gasteiger partial charge in [0.15, 0.2) is 5.82 Å². The van der Waals surface area contributed by atoms with E-state index in [1.54, 1.807) is 12.1 Å². The lowest BCUT2D eigenvalue weighted by Crippen LogP contribution is -2.06. The molecular weight excluding hydrogens is 366 g/mol. The fourth-order valence-corrected chi connectivity index (χ4v) is 4.24. The van der Waals surface area contributed by atoms with Crippen molar-refractivity contribution in [2.24, 2.45) is 0 Å². The van der Waals surface area contributed by atoms with Crippen LogP contribution < -0.4 is 0 Å². The van der Waals surface area contributed by atoms with Crippen molar-refractivity contribution in [3.05, 3.63) is 64.5 Å². The van der Waals surface area contributed by atoms with Gasteiger partial charge in [-0.25, -0.2) is 14.8 Å². The van der Waals surface area contributed by atoms with Gasteiger partial charge in [0.2, 0.25) is 0 Å². The Labute approximate surface area is 166 Å². The maximum Gasteiger partial charge on any atom is 0.339 e. The van der Waals surface area contributed by atoms with Crippen molar-refractivity contribution < 1.29 is 15.0 Å². The number of aromatic nitrogens is 3.